The summed E-state index contributed by atoms with van der Waals surface area (Å²) in [5.41, 5.74) is 4.07. The SMILES string of the molecule is O=C(NCc1ccc(-n2cccn2)cc1)c1cccc(-c2cnc([AsH2])c(C(=O)N[C@H]3CCCCNC3)n2)c1. The molecule has 38 heavy (non-hydrogen) atoms. The van der Waals surface area contributed by atoms with Gasteiger partial charge in [-0.05, 0) is 18.2 Å². The van der Waals surface area contributed by atoms with Crippen LogP contribution in [-0.4, -0.2) is 67.5 Å². The summed E-state index contributed by atoms with van der Waals surface area (Å²) in [6, 6.07) is 17.0. The number of amides is 2. The third-order valence-corrected chi connectivity index (χ3v) is 7.36. The number of carbonyl (C=O) groups excluding carboxylic acids is 2. The van der Waals surface area contributed by atoms with E-state index in [1.165, 1.54) is 16.9 Å². The molecule has 3 N–H and O–H groups in total. The summed E-state index contributed by atoms with van der Waals surface area (Å²) in [5, 5.41) is 13.7. The number of hydrogen-bond acceptors (Lipinski definition) is 6. The number of hydrogen-bond donors (Lipinski definition) is 3. The molecule has 1 saturated heterocycles. The molecule has 2 atom stereocenters. The van der Waals surface area contributed by atoms with Crippen molar-refractivity contribution in [1.29, 1.82) is 0 Å². The van der Waals surface area contributed by atoms with Crippen molar-refractivity contribution in [2.24, 2.45) is 0 Å². The molecule has 9 nitrogen and oxygen atoms in total. The van der Waals surface area contributed by atoms with Gasteiger partial charge in [-0.25, -0.2) is 4.68 Å². The molecule has 0 radical (unpaired) electrons. The normalized spacial score (nSPS) is 15.4. The second-order valence-electron chi connectivity index (χ2n) is 9.24. The van der Waals surface area contributed by atoms with Crippen LogP contribution in [0.1, 0.15) is 45.7 Å². The summed E-state index contributed by atoms with van der Waals surface area (Å²) in [5.74, 6) is -0.398. The summed E-state index contributed by atoms with van der Waals surface area (Å²) in [7, 11) is 0. The van der Waals surface area contributed by atoms with Crippen molar-refractivity contribution in [3.05, 3.63) is 90.0 Å². The number of benzene rings is 2. The Morgan fingerprint density at radius 3 is 2.76 bits per heavy atom. The first kappa shape index (κ1) is 25.8. The van der Waals surface area contributed by atoms with Crippen molar-refractivity contribution < 1.29 is 9.59 Å². The van der Waals surface area contributed by atoms with Crippen molar-refractivity contribution in [3.8, 4) is 16.9 Å². The van der Waals surface area contributed by atoms with E-state index in [0.717, 1.165) is 49.2 Å². The van der Waals surface area contributed by atoms with Crippen molar-refractivity contribution in [2.45, 2.75) is 31.8 Å². The molecule has 10 heteroatoms. The van der Waals surface area contributed by atoms with E-state index >= 15 is 0 Å². The second-order valence-corrected chi connectivity index (χ2v) is 10.4. The maximum absolute atomic E-state index is 13.0. The predicted octanol–water partition coefficient (Wildman–Crippen LogP) is 1.39. The van der Waals surface area contributed by atoms with E-state index in [-0.39, 0.29) is 17.9 Å². The van der Waals surface area contributed by atoms with E-state index in [4.69, 9.17) is 0 Å². The van der Waals surface area contributed by atoms with E-state index in [1.807, 2.05) is 48.7 Å². The minimum atomic E-state index is -0.208. The maximum atomic E-state index is 13.0. The summed E-state index contributed by atoms with van der Waals surface area (Å²) in [4.78, 5) is 35.0. The van der Waals surface area contributed by atoms with Gasteiger partial charge in [-0.3, -0.25) is 0 Å². The molecule has 194 valence electrons. The monoisotopic (exact) mass is 571 g/mol. The molecule has 1 aliphatic heterocycles. The third-order valence-electron chi connectivity index (χ3n) is 6.48. The van der Waals surface area contributed by atoms with Crippen LogP contribution in [0, 0.1) is 0 Å². The van der Waals surface area contributed by atoms with Crippen LogP contribution >= 0.6 is 0 Å². The third kappa shape index (κ3) is 6.36. The minimum absolute atomic E-state index is 0.0798. The first-order chi connectivity index (χ1) is 18.6. The van der Waals surface area contributed by atoms with E-state index in [0.29, 0.717) is 28.0 Å². The fraction of sp³-hybridized carbons (Fsp3) is 0.250. The van der Waals surface area contributed by atoms with Crippen molar-refractivity contribution in [3.63, 3.8) is 0 Å². The van der Waals surface area contributed by atoms with Gasteiger partial charge in [-0.2, -0.15) is 5.10 Å². The Morgan fingerprint density at radius 2 is 1.95 bits per heavy atom. The average molecular weight is 572 g/mol. The van der Waals surface area contributed by atoms with Gasteiger partial charge in [0, 0.05) is 12.4 Å². The van der Waals surface area contributed by atoms with Crippen LogP contribution in [0.4, 0.5) is 0 Å². The van der Waals surface area contributed by atoms with Crippen LogP contribution < -0.4 is 20.4 Å². The molecule has 4 aromatic rings. The number of carbonyl (C=O) groups is 2. The van der Waals surface area contributed by atoms with E-state index < -0.39 is 0 Å². The molecule has 5 rings (SSSR count). The molecule has 0 aliphatic carbocycles. The van der Waals surface area contributed by atoms with Crippen LogP contribution in [-0.2, 0) is 6.54 Å². The molecule has 3 heterocycles. The quantitative estimate of drug-likeness (QED) is 0.289. The molecule has 2 aromatic carbocycles. The summed E-state index contributed by atoms with van der Waals surface area (Å²) in [6.07, 6.45) is 8.41. The molecular weight excluding hydrogens is 541 g/mol. The molecule has 1 fully saturated rings. The van der Waals surface area contributed by atoms with Crippen LogP contribution in [0.15, 0.2) is 73.2 Å². The van der Waals surface area contributed by atoms with Gasteiger partial charge in [0.2, 0.25) is 0 Å². The van der Waals surface area contributed by atoms with Crippen LogP contribution in [0.5, 0.6) is 0 Å². The molecule has 2 amide bonds. The van der Waals surface area contributed by atoms with Crippen molar-refractivity contribution >= 4 is 33.1 Å². The zero-order valence-corrected chi connectivity index (χ0v) is 23.4. The first-order valence-corrected chi connectivity index (χ1v) is 13.9. The molecule has 2 aromatic heterocycles. The van der Waals surface area contributed by atoms with E-state index in [2.05, 4.69) is 31.0 Å². The Hall–Kier alpha value is -3.81. The molecule has 0 saturated carbocycles. The summed E-state index contributed by atoms with van der Waals surface area (Å²) < 4.78 is 2.42. The topological polar surface area (TPSA) is 114 Å². The summed E-state index contributed by atoms with van der Waals surface area (Å²) in [6.45, 7) is 2.13. The van der Waals surface area contributed by atoms with Gasteiger partial charge in [-0.15, -0.1) is 0 Å². The van der Waals surface area contributed by atoms with Crippen LogP contribution in [0.3, 0.4) is 0 Å². The number of nitrogens with one attached hydrogen (secondary N) is 3. The molecular formula is C28H30AsN7O2. The number of rotatable bonds is 7. The standard InChI is InChI=1S/C28H30AsN7O2/c29-26-25(28(38)34-22-7-1-2-12-30-17-22)35-24(18-31-26)20-5-3-6-21(15-20)27(37)32-16-19-8-10-23(11-9-19)36-14-4-13-33-36/h3-6,8-11,13-15,18,22,30H,1-2,7,12,16-17,29H2,(H,32,37)(H,34,38)/t22-/m0/s1. The fourth-order valence-electron chi connectivity index (χ4n) is 4.39. The zero-order chi connectivity index (χ0) is 26.3. The Kier molecular flexibility index (Phi) is 8.26. The molecule has 1 aliphatic rings. The van der Waals surface area contributed by atoms with Gasteiger partial charge in [0.1, 0.15) is 0 Å². The zero-order valence-electron chi connectivity index (χ0n) is 20.9. The molecule has 0 bridgehead atoms. The Balaban J connectivity index is 1.25. The van der Waals surface area contributed by atoms with Gasteiger partial charge >= 0.3 is 184 Å². The van der Waals surface area contributed by atoms with Gasteiger partial charge < -0.3 is 0 Å². The van der Waals surface area contributed by atoms with Gasteiger partial charge in [-0.1, -0.05) is 0 Å². The van der Waals surface area contributed by atoms with Crippen LogP contribution in [0.2, 0.25) is 0 Å². The predicted molar refractivity (Wildman–Crippen MR) is 148 cm³/mol. The fourth-order valence-corrected chi connectivity index (χ4v) is 4.96. The van der Waals surface area contributed by atoms with Crippen molar-refractivity contribution in [1.82, 2.24) is 35.7 Å². The van der Waals surface area contributed by atoms with Crippen LogP contribution in [0.25, 0.3) is 16.9 Å². The molecule has 1 unspecified atom stereocenters. The number of aromatic nitrogens is 4. The van der Waals surface area contributed by atoms with Gasteiger partial charge in [0.05, 0.1) is 5.69 Å². The van der Waals surface area contributed by atoms with Crippen molar-refractivity contribution in [2.75, 3.05) is 13.1 Å². The number of nitrogens with zero attached hydrogens (tertiary/aromatic N) is 4. The Morgan fingerprint density at radius 1 is 1.08 bits per heavy atom. The van der Waals surface area contributed by atoms with E-state index in [1.54, 1.807) is 29.2 Å². The second kappa shape index (κ2) is 12.2. The van der Waals surface area contributed by atoms with E-state index in [9.17, 15) is 9.59 Å². The average Bonchev–Trinajstić information content (AvgIpc) is 3.37. The molecule has 0 spiro atoms. The summed E-state index contributed by atoms with van der Waals surface area (Å²) >= 11 is 1.25. The Labute approximate surface area is 230 Å². The van der Waals surface area contributed by atoms with Gasteiger partial charge in [0.25, 0.3) is 0 Å². The first-order valence-electron chi connectivity index (χ1n) is 12.7. The van der Waals surface area contributed by atoms with Gasteiger partial charge in [0.15, 0.2) is 0 Å². The Bertz CT molecular complexity index is 1400.